The average Bonchev–Trinajstić information content (AvgIpc) is 2.81. The van der Waals surface area contributed by atoms with Gasteiger partial charge in [-0.3, -0.25) is 5.32 Å². The van der Waals surface area contributed by atoms with Crippen LogP contribution in [-0.4, -0.2) is 27.0 Å². The van der Waals surface area contributed by atoms with E-state index in [1.54, 1.807) is 13.3 Å². The number of H-pyrrole nitrogens is 1. The highest BCUT2D eigenvalue weighted by atomic mass is 16.5. The SMILES string of the molecule is COCc1ccnc(Nc2nc3ccccc3[nH]2)n1. The Kier molecular flexibility index (Phi) is 3.07. The Bertz CT molecular complexity index is 661. The maximum absolute atomic E-state index is 5.04. The molecular weight excluding hydrogens is 242 g/mol. The molecule has 0 aliphatic carbocycles. The lowest BCUT2D eigenvalue weighted by Gasteiger charge is -2.03. The number of aromatic nitrogens is 4. The zero-order valence-corrected chi connectivity index (χ0v) is 10.4. The number of fused-ring (bicyclic) bond motifs is 1. The topological polar surface area (TPSA) is 75.7 Å². The summed E-state index contributed by atoms with van der Waals surface area (Å²) in [7, 11) is 1.63. The summed E-state index contributed by atoms with van der Waals surface area (Å²) < 4.78 is 5.04. The van der Waals surface area contributed by atoms with Gasteiger partial charge in [-0.1, -0.05) is 12.1 Å². The molecule has 3 rings (SSSR count). The molecule has 0 aliphatic heterocycles. The minimum absolute atomic E-state index is 0.456. The summed E-state index contributed by atoms with van der Waals surface area (Å²) in [5.74, 6) is 1.12. The number of nitrogens with one attached hydrogen (secondary N) is 2. The van der Waals surface area contributed by atoms with Gasteiger partial charge in [-0.05, 0) is 18.2 Å². The number of nitrogens with zero attached hydrogens (tertiary/aromatic N) is 3. The predicted octanol–water partition coefficient (Wildman–Crippen LogP) is 2.24. The molecule has 0 unspecified atom stereocenters. The number of hydrogen-bond donors (Lipinski definition) is 2. The van der Waals surface area contributed by atoms with Crippen LogP contribution in [0.15, 0.2) is 36.5 Å². The van der Waals surface area contributed by atoms with Gasteiger partial charge in [-0.15, -0.1) is 0 Å². The van der Waals surface area contributed by atoms with Crippen molar-refractivity contribution in [1.82, 2.24) is 19.9 Å². The molecule has 0 radical (unpaired) electrons. The van der Waals surface area contributed by atoms with Crippen molar-refractivity contribution >= 4 is 22.9 Å². The highest BCUT2D eigenvalue weighted by Crippen LogP contribution is 2.15. The van der Waals surface area contributed by atoms with Gasteiger partial charge in [0.25, 0.3) is 0 Å². The molecular formula is C13H13N5O. The van der Waals surface area contributed by atoms with Gasteiger partial charge in [0, 0.05) is 13.3 Å². The minimum atomic E-state index is 0.456. The van der Waals surface area contributed by atoms with Crippen molar-refractivity contribution < 1.29 is 4.74 Å². The quantitative estimate of drug-likeness (QED) is 0.747. The largest absolute Gasteiger partial charge is 0.378 e. The van der Waals surface area contributed by atoms with E-state index < -0.39 is 0 Å². The third-order valence-corrected chi connectivity index (χ3v) is 2.63. The Morgan fingerprint density at radius 1 is 1.21 bits per heavy atom. The first-order valence-corrected chi connectivity index (χ1v) is 5.88. The smallest absolute Gasteiger partial charge is 0.229 e. The second kappa shape index (κ2) is 5.03. The van der Waals surface area contributed by atoms with Crippen molar-refractivity contribution in [3.8, 4) is 0 Å². The van der Waals surface area contributed by atoms with Gasteiger partial charge in [-0.2, -0.15) is 0 Å². The first-order valence-electron chi connectivity index (χ1n) is 5.88. The summed E-state index contributed by atoms with van der Waals surface area (Å²) >= 11 is 0. The molecule has 6 nitrogen and oxygen atoms in total. The van der Waals surface area contributed by atoms with Crippen molar-refractivity contribution in [2.24, 2.45) is 0 Å². The van der Waals surface area contributed by atoms with E-state index in [1.807, 2.05) is 30.3 Å². The second-order valence-electron chi connectivity index (χ2n) is 4.03. The van der Waals surface area contributed by atoms with Crippen molar-refractivity contribution in [3.63, 3.8) is 0 Å². The Hall–Kier alpha value is -2.47. The number of rotatable bonds is 4. The number of aromatic amines is 1. The molecule has 0 amide bonds. The lowest BCUT2D eigenvalue weighted by molar-refractivity contribution is 0.181. The van der Waals surface area contributed by atoms with E-state index >= 15 is 0 Å². The van der Waals surface area contributed by atoms with Crippen molar-refractivity contribution in [2.45, 2.75) is 6.61 Å². The summed E-state index contributed by atoms with van der Waals surface area (Å²) in [5.41, 5.74) is 2.69. The fourth-order valence-electron chi connectivity index (χ4n) is 1.80. The van der Waals surface area contributed by atoms with E-state index in [1.165, 1.54) is 0 Å². The molecule has 6 heteroatoms. The molecule has 3 aromatic rings. The van der Waals surface area contributed by atoms with Crippen molar-refractivity contribution in [2.75, 3.05) is 12.4 Å². The third-order valence-electron chi connectivity index (χ3n) is 2.63. The Balaban J connectivity index is 1.85. The summed E-state index contributed by atoms with van der Waals surface area (Å²) in [6.07, 6.45) is 1.69. The molecule has 1 aromatic carbocycles. The molecule has 0 saturated carbocycles. The molecule has 0 atom stereocenters. The van der Waals surface area contributed by atoms with E-state index in [9.17, 15) is 0 Å². The van der Waals surface area contributed by atoms with Crippen LogP contribution in [0, 0.1) is 0 Å². The van der Waals surface area contributed by atoms with Crippen LogP contribution in [0.3, 0.4) is 0 Å². The Morgan fingerprint density at radius 2 is 2.11 bits per heavy atom. The van der Waals surface area contributed by atoms with Crippen molar-refractivity contribution in [1.29, 1.82) is 0 Å². The highest BCUT2D eigenvalue weighted by molar-refractivity contribution is 5.77. The van der Waals surface area contributed by atoms with Gasteiger partial charge in [-0.25, -0.2) is 15.0 Å². The minimum Gasteiger partial charge on any atom is -0.378 e. The van der Waals surface area contributed by atoms with Crippen LogP contribution in [0.4, 0.5) is 11.9 Å². The molecule has 0 spiro atoms. The number of anilines is 2. The van der Waals surface area contributed by atoms with Crippen LogP contribution in [0.25, 0.3) is 11.0 Å². The maximum atomic E-state index is 5.04. The number of benzene rings is 1. The fraction of sp³-hybridized carbons (Fsp3) is 0.154. The van der Waals surface area contributed by atoms with E-state index in [2.05, 4.69) is 25.3 Å². The lowest BCUT2D eigenvalue weighted by atomic mass is 10.3. The highest BCUT2D eigenvalue weighted by Gasteiger charge is 2.04. The molecule has 96 valence electrons. The second-order valence-corrected chi connectivity index (χ2v) is 4.03. The Labute approximate surface area is 109 Å². The molecule has 0 bridgehead atoms. The fourth-order valence-corrected chi connectivity index (χ4v) is 1.80. The normalized spacial score (nSPS) is 10.8. The van der Waals surface area contributed by atoms with Crippen LogP contribution >= 0.6 is 0 Å². The van der Waals surface area contributed by atoms with Crippen LogP contribution in [0.5, 0.6) is 0 Å². The molecule has 2 heterocycles. The first-order chi connectivity index (χ1) is 9.35. The number of hydrogen-bond acceptors (Lipinski definition) is 5. The summed E-state index contributed by atoms with van der Waals surface area (Å²) in [6.45, 7) is 0.456. The summed E-state index contributed by atoms with van der Waals surface area (Å²) in [4.78, 5) is 16.0. The van der Waals surface area contributed by atoms with E-state index in [-0.39, 0.29) is 0 Å². The summed E-state index contributed by atoms with van der Waals surface area (Å²) in [6, 6.07) is 9.63. The van der Waals surface area contributed by atoms with Crippen LogP contribution in [0.2, 0.25) is 0 Å². The van der Waals surface area contributed by atoms with Gasteiger partial charge in [0.05, 0.1) is 23.3 Å². The summed E-state index contributed by atoms with van der Waals surface area (Å²) in [5, 5.41) is 3.05. The Morgan fingerprint density at radius 3 is 2.95 bits per heavy atom. The standard InChI is InChI=1S/C13H13N5O/c1-19-8-9-6-7-14-12(15-9)18-13-16-10-4-2-3-5-11(10)17-13/h2-7H,8H2,1H3,(H2,14,15,16,17,18). The van der Waals surface area contributed by atoms with Gasteiger partial charge in [0.2, 0.25) is 11.9 Å². The molecule has 0 saturated heterocycles. The molecule has 0 aliphatic rings. The van der Waals surface area contributed by atoms with Gasteiger partial charge in [0.1, 0.15) is 0 Å². The van der Waals surface area contributed by atoms with Crippen molar-refractivity contribution in [3.05, 3.63) is 42.2 Å². The lowest BCUT2D eigenvalue weighted by Crippen LogP contribution is -2.01. The van der Waals surface area contributed by atoms with Crippen LogP contribution in [0.1, 0.15) is 5.69 Å². The van der Waals surface area contributed by atoms with E-state index in [0.717, 1.165) is 16.7 Å². The van der Waals surface area contributed by atoms with Gasteiger partial charge >= 0.3 is 0 Å². The molecule has 0 fully saturated rings. The number of imidazole rings is 1. The number of ether oxygens (including phenoxy) is 1. The van der Waals surface area contributed by atoms with Crippen LogP contribution in [-0.2, 0) is 11.3 Å². The zero-order chi connectivity index (χ0) is 13.1. The molecule has 19 heavy (non-hydrogen) atoms. The van der Waals surface area contributed by atoms with Gasteiger partial charge < -0.3 is 9.72 Å². The molecule has 2 N–H and O–H groups in total. The van der Waals surface area contributed by atoms with E-state index in [0.29, 0.717) is 18.5 Å². The monoisotopic (exact) mass is 255 g/mol. The maximum Gasteiger partial charge on any atom is 0.229 e. The zero-order valence-electron chi connectivity index (χ0n) is 10.4. The van der Waals surface area contributed by atoms with Gasteiger partial charge in [0.15, 0.2) is 0 Å². The van der Waals surface area contributed by atoms with Crippen LogP contribution < -0.4 is 5.32 Å². The van der Waals surface area contributed by atoms with E-state index in [4.69, 9.17) is 4.74 Å². The number of para-hydroxylation sites is 2. The third kappa shape index (κ3) is 2.53. The number of methoxy groups -OCH3 is 1. The molecule has 2 aromatic heterocycles. The predicted molar refractivity (Wildman–Crippen MR) is 72.1 cm³/mol. The average molecular weight is 255 g/mol. The first kappa shape index (κ1) is 11.6.